The van der Waals surface area contributed by atoms with E-state index in [1.807, 2.05) is 0 Å². The van der Waals surface area contributed by atoms with E-state index >= 15 is 0 Å². The lowest BCUT2D eigenvalue weighted by atomic mass is 9.33. The van der Waals surface area contributed by atoms with Crippen molar-refractivity contribution in [2.24, 2.45) is 0 Å². The SMILES string of the molecule is c1ccc(-c2ccc(N3c4ccc(-c5ccccc5)cc4B4c5cc(-c6ccccc6)ccc5N(c5ccc(-c6ccccc6)cc5)c5cc(N(c6ccccc6)c6cccc7ccccc67)cc3c54)cc2)cc1. The minimum absolute atomic E-state index is 0.117. The maximum absolute atomic E-state index is 2.53. The van der Waals surface area contributed by atoms with Gasteiger partial charge in [-0.05, 0) is 133 Å². The van der Waals surface area contributed by atoms with Gasteiger partial charge in [-0.25, -0.2) is 0 Å². The first kappa shape index (κ1) is 43.2. The van der Waals surface area contributed by atoms with Gasteiger partial charge in [0.2, 0.25) is 0 Å². The molecule has 0 aliphatic carbocycles. The van der Waals surface area contributed by atoms with Gasteiger partial charge in [-0.15, -0.1) is 0 Å². The third kappa shape index (κ3) is 7.47. The second-order valence-electron chi connectivity index (χ2n) is 19.3. The molecular formula is C70H48BN3. The summed E-state index contributed by atoms with van der Waals surface area (Å²) >= 11 is 0. The predicted molar refractivity (Wildman–Crippen MR) is 314 cm³/mol. The first-order valence-electron chi connectivity index (χ1n) is 25.5. The van der Waals surface area contributed by atoms with E-state index in [9.17, 15) is 0 Å². The van der Waals surface area contributed by atoms with Crippen LogP contribution >= 0.6 is 0 Å². The summed E-state index contributed by atoms with van der Waals surface area (Å²) < 4.78 is 0. The van der Waals surface area contributed by atoms with E-state index < -0.39 is 0 Å². The summed E-state index contributed by atoms with van der Waals surface area (Å²) in [6.45, 7) is -0.117. The summed E-state index contributed by atoms with van der Waals surface area (Å²) in [5.41, 5.74) is 23.3. The molecule has 4 heteroatoms. The highest BCUT2D eigenvalue weighted by molar-refractivity contribution is 7.00. The maximum Gasteiger partial charge on any atom is 0.252 e. The van der Waals surface area contributed by atoms with Crippen LogP contribution in [0.2, 0.25) is 0 Å². The monoisotopic (exact) mass is 941 g/mol. The van der Waals surface area contributed by atoms with E-state index in [1.165, 1.54) is 71.7 Å². The molecule has 14 rings (SSSR count). The van der Waals surface area contributed by atoms with Crippen LogP contribution in [-0.2, 0) is 0 Å². The fourth-order valence-electron chi connectivity index (χ4n) is 11.6. The smallest absolute Gasteiger partial charge is 0.252 e. The van der Waals surface area contributed by atoms with Crippen molar-refractivity contribution in [1.82, 2.24) is 0 Å². The lowest BCUT2D eigenvalue weighted by molar-refractivity contribution is 1.23. The molecule has 0 radical (unpaired) electrons. The van der Waals surface area contributed by atoms with Gasteiger partial charge in [0.25, 0.3) is 6.71 Å². The van der Waals surface area contributed by atoms with Crippen LogP contribution in [0, 0.1) is 0 Å². The van der Waals surface area contributed by atoms with Gasteiger partial charge in [0.1, 0.15) is 0 Å². The Labute approximate surface area is 433 Å². The number of nitrogens with zero attached hydrogens (tertiary/aromatic N) is 3. The lowest BCUT2D eigenvalue weighted by Gasteiger charge is -2.45. The lowest BCUT2D eigenvalue weighted by Crippen LogP contribution is -2.61. The Morgan fingerprint density at radius 1 is 0.270 bits per heavy atom. The molecule has 0 amide bonds. The van der Waals surface area contributed by atoms with Crippen molar-refractivity contribution in [2.75, 3.05) is 14.7 Å². The molecule has 0 bridgehead atoms. The van der Waals surface area contributed by atoms with Crippen molar-refractivity contribution in [3.05, 3.63) is 291 Å². The van der Waals surface area contributed by atoms with Gasteiger partial charge in [0, 0.05) is 45.2 Å². The van der Waals surface area contributed by atoms with Crippen molar-refractivity contribution in [1.29, 1.82) is 0 Å². The molecule has 2 aliphatic rings. The van der Waals surface area contributed by atoms with Gasteiger partial charge in [-0.2, -0.15) is 0 Å². The normalized spacial score (nSPS) is 12.2. The Kier molecular flexibility index (Phi) is 10.6. The van der Waals surface area contributed by atoms with Gasteiger partial charge >= 0.3 is 0 Å². The summed E-state index contributed by atoms with van der Waals surface area (Å²) in [5, 5.41) is 2.37. The Morgan fingerprint density at radius 2 is 0.649 bits per heavy atom. The van der Waals surface area contributed by atoms with E-state index in [0.717, 1.165) is 51.2 Å². The van der Waals surface area contributed by atoms with Crippen molar-refractivity contribution in [3.8, 4) is 44.5 Å². The maximum atomic E-state index is 2.53. The number of rotatable bonds is 9. The van der Waals surface area contributed by atoms with Gasteiger partial charge in [0.15, 0.2) is 0 Å². The molecule has 2 heterocycles. The first-order chi connectivity index (χ1) is 36.7. The van der Waals surface area contributed by atoms with Crippen LogP contribution in [0.4, 0.5) is 51.2 Å². The molecule has 0 fully saturated rings. The average Bonchev–Trinajstić information content (AvgIpc) is 3.49. The fraction of sp³-hybridized carbons (Fsp3) is 0. The second-order valence-corrected chi connectivity index (χ2v) is 19.3. The van der Waals surface area contributed by atoms with Crippen LogP contribution in [0.5, 0.6) is 0 Å². The van der Waals surface area contributed by atoms with Crippen LogP contribution in [0.15, 0.2) is 291 Å². The van der Waals surface area contributed by atoms with Gasteiger partial charge in [0.05, 0.1) is 11.4 Å². The summed E-state index contributed by atoms with van der Waals surface area (Å²) in [7, 11) is 0. The molecule has 0 saturated carbocycles. The third-order valence-electron chi connectivity index (χ3n) is 15.0. The molecule has 12 aromatic rings. The van der Waals surface area contributed by atoms with Gasteiger partial charge in [-0.3, -0.25) is 0 Å². The molecular weight excluding hydrogens is 894 g/mol. The zero-order valence-electron chi connectivity index (χ0n) is 40.6. The van der Waals surface area contributed by atoms with Crippen LogP contribution in [-0.4, -0.2) is 6.71 Å². The van der Waals surface area contributed by atoms with Gasteiger partial charge < -0.3 is 14.7 Å². The van der Waals surface area contributed by atoms with E-state index in [2.05, 4.69) is 306 Å². The van der Waals surface area contributed by atoms with E-state index in [0.29, 0.717) is 0 Å². The second kappa shape index (κ2) is 18.2. The molecule has 2 aliphatic heterocycles. The van der Waals surface area contributed by atoms with Crippen LogP contribution in [0.1, 0.15) is 0 Å². The Balaban J connectivity index is 1.09. The zero-order valence-corrected chi connectivity index (χ0v) is 40.6. The summed E-state index contributed by atoms with van der Waals surface area (Å²) in [6, 6.07) is 107. The minimum atomic E-state index is -0.117. The number of para-hydroxylation sites is 1. The standard InChI is InChI=1S/C70H48BN3/c1-6-19-49(20-7-1)53-33-39-59(40-34-53)73-66-43-37-56(51-23-10-3-11-24-51)45-63(66)71-64-46-57(52-25-12-4-13-26-52)38-44-67(64)74(60-41-35-54(36-42-60)50-21-8-2-9-22-50)69-48-61(47-68(73)70(69)71)72(58-29-14-5-15-30-58)65-32-18-28-55-27-16-17-31-62(55)65/h1-48H. The Morgan fingerprint density at radius 3 is 1.12 bits per heavy atom. The highest BCUT2D eigenvalue weighted by atomic mass is 15.2. The first-order valence-corrected chi connectivity index (χ1v) is 25.5. The van der Waals surface area contributed by atoms with Crippen LogP contribution in [0.3, 0.4) is 0 Å². The van der Waals surface area contributed by atoms with Crippen molar-refractivity contribution in [3.63, 3.8) is 0 Å². The highest BCUT2D eigenvalue weighted by Crippen LogP contribution is 2.50. The molecule has 0 spiro atoms. The topological polar surface area (TPSA) is 9.72 Å². The molecule has 0 N–H and O–H groups in total. The predicted octanol–water partition coefficient (Wildman–Crippen LogP) is 17.1. The van der Waals surface area contributed by atoms with Crippen molar-refractivity contribution in [2.45, 2.75) is 0 Å². The summed E-state index contributed by atoms with van der Waals surface area (Å²) in [5.74, 6) is 0. The highest BCUT2D eigenvalue weighted by Gasteiger charge is 2.44. The molecule has 74 heavy (non-hydrogen) atoms. The average molecular weight is 942 g/mol. The number of hydrogen-bond acceptors (Lipinski definition) is 3. The Hall–Kier alpha value is -9.64. The molecule has 0 saturated heterocycles. The molecule has 12 aromatic carbocycles. The summed E-state index contributed by atoms with van der Waals surface area (Å²) in [4.78, 5) is 7.53. The van der Waals surface area contributed by atoms with Crippen LogP contribution in [0.25, 0.3) is 55.3 Å². The van der Waals surface area contributed by atoms with Crippen molar-refractivity contribution < 1.29 is 0 Å². The number of hydrogen-bond donors (Lipinski definition) is 0. The molecule has 0 atom stereocenters. The van der Waals surface area contributed by atoms with Crippen LogP contribution < -0.4 is 31.1 Å². The summed E-state index contributed by atoms with van der Waals surface area (Å²) in [6.07, 6.45) is 0. The van der Waals surface area contributed by atoms with E-state index in [4.69, 9.17) is 0 Å². The van der Waals surface area contributed by atoms with E-state index in [-0.39, 0.29) is 6.71 Å². The minimum Gasteiger partial charge on any atom is -0.311 e. The zero-order chi connectivity index (χ0) is 49.0. The molecule has 346 valence electrons. The Bertz CT molecular complexity index is 3790. The number of benzene rings is 12. The molecule has 0 unspecified atom stereocenters. The van der Waals surface area contributed by atoms with Crippen molar-refractivity contribution >= 4 is 85.1 Å². The number of anilines is 9. The molecule has 3 nitrogen and oxygen atoms in total. The number of fused-ring (bicyclic) bond motifs is 5. The molecule has 0 aromatic heterocycles. The third-order valence-corrected chi connectivity index (χ3v) is 15.0. The quantitative estimate of drug-likeness (QED) is 0.134. The van der Waals surface area contributed by atoms with Gasteiger partial charge in [-0.1, -0.05) is 224 Å². The fourth-order valence-corrected chi connectivity index (χ4v) is 11.6. The largest absolute Gasteiger partial charge is 0.311 e. The van der Waals surface area contributed by atoms with E-state index in [1.54, 1.807) is 0 Å².